The third-order valence-corrected chi connectivity index (χ3v) is 5.72. The van der Waals surface area contributed by atoms with E-state index in [9.17, 15) is 4.79 Å². The van der Waals surface area contributed by atoms with Crippen LogP contribution in [0.25, 0.3) is 0 Å². The predicted octanol–water partition coefficient (Wildman–Crippen LogP) is 5.19. The summed E-state index contributed by atoms with van der Waals surface area (Å²) in [5, 5.41) is 12.5. The Morgan fingerprint density at radius 2 is 2.00 bits per heavy atom. The molecule has 0 saturated carbocycles. The smallest absolute Gasteiger partial charge is 0.234 e. The summed E-state index contributed by atoms with van der Waals surface area (Å²) < 4.78 is 13.3. The van der Waals surface area contributed by atoms with Crippen molar-refractivity contribution in [3.8, 4) is 5.75 Å². The number of carbonyl (C=O) groups excluding carboxylic acids is 1. The van der Waals surface area contributed by atoms with Crippen LogP contribution in [0.2, 0.25) is 5.02 Å². The molecule has 0 aliphatic heterocycles. The van der Waals surface area contributed by atoms with Crippen LogP contribution >= 0.6 is 23.4 Å². The van der Waals surface area contributed by atoms with Gasteiger partial charge < -0.3 is 14.5 Å². The van der Waals surface area contributed by atoms with E-state index < -0.39 is 0 Å². The molecule has 0 bridgehead atoms. The number of thioether (sulfide) groups is 1. The summed E-state index contributed by atoms with van der Waals surface area (Å²) in [6.45, 7) is 2.70. The first kappa shape index (κ1) is 22.0. The van der Waals surface area contributed by atoms with Crippen molar-refractivity contribution in [2.75, 3.05) is 11.1 Å². The Labute approximate surface area is 194 Å². The van der Waals surface area contributed by atoms with Gasteiger partial charge in [-0.1, -0.05) is 47.1 Å². The van der Waals surface area contributed by atoms with Crippen molar-refractivity contribution < 1.29 is 13.9 Å². The fraction of sp³-hybridized carbons (Fsp3) is 0.174. The molecule has 32 heavy (non-hydrogen) atoms. The molecule has 1 amide bonds. The van der Waals surface area contributed by atoms with Crippen molar-refractivity contribution in [1.82, 2.24) is 14.8 Å². The van der Waals surface area contributed by atoms with Gasteiger partial charge in [0.2, 0.25) is 5.91 Å². The van der Waals surface area contributed by atoms with Gasteiger partial charge in [0.25, 0.3) is 0 Å². The highest BCUT2D eigenvalue weighted by molar-refractivity contribution is 7.99. The number of hydrogen-bond acceptors (Lipinski definition) is 6. The van der Waals surface area contributed by atoms with Crippen molar-refractivity contribution in [2.24, 2.45) is 0 Å². The zero-order valence-electron chi connectivity index (χ0n) is 17.3. The quantitative estimate of drug-likeness (QED) is 0.340. The van der Waals surface area contributed by atoms with Crippen molar-refractivity contribution in [3.63, 3.8) is 0 Å². The molecule has 2 heterocycles. The lowest BCUT2D eigenvalue weighted by Gasteiger charge is -2.10. The van der Waals surface area contributed by atoms with Gasteiger partial charge in [-0.05, 0) is 49.4 Å². The largest absolute Gasteiger partial charge is 0.486 e. The molecule has 7 nitrogen and oxygen atoms in total. The van der Waals surface area contributed by atoms with E-state index in [0.29, 0.717) is 28.2 Å². The fourth-order valence-corrected chi connectivity index (χ4v) is 3.87. The minimum atomic E-state index is -0.165. The molecule has 9 heteroatoms. The first-order valence-electron chi connectivity index (χ1n) is 9.89. The van der Waals surface area contributed by atoms with Crippen molar-refractivity contribution in [3.05, 3.63) is 89.1 Å². The van der Waals surface area contributed by atoms with Gasteiger partial charge in [0.05, 0.1) is 18.6 Å². The molecular weight excluding hydrogens is 448 g/mol. The van der Waals surface area contributed by atoms with E-state index in [-0.39, 0.29) is 18.3 Å². The molecule has 0 spiro atoms. The molecule has 0 radical (unpaired) electrons. The highest BCUT2D eigenvalue weighted by atomic mass is 35.5. The van der Waals surface area contributed by atoms with Crippen LogP contribution in [0.4, 0.5) is 5.69 Å². The van der Waals surface area contributed by atoms with Crippen molar-refractivity contribution in [1.29, 1.82) is 0 Å². The molecule has 2 aromatic carbocycles. The van der Waals surface area contributed by atoms with Gasteiger partial charge in [-0.3, -0.25) is 9.36 Å². The maximum atomic E-state index is 12.4. The average molecular weight is 469 g/mol. The molecule has 4 aromatic rings. The Balaban J connectivity index is 1.44. The molecule has 1 N–H and O–H groups in total. The molecule has 0 aliphatic rings. The number of benzene rings is 2. The van der Waals surface area contributed by atoms with Crippen LogP contribution in [0.15, 0.2) is 76.5 Å². The van der Waals surface area contributed by atoms with Crippen LogP contribution in [0.3, 0.4) is 0 Å². The number of furan rings is 1. The number of carbonyl (C=O) groups is 1. The number of amides is 1. The van der Waals surface area contributed by atoms with Gasteiger partial charge in [0, 0.05) is 10.7 Å². The third kappa shape index (κ3) is 5.93. The summed E-state index contributed by atoms with van der Waals surface area (Å²) in [6, 6.07) is 18.5. The van der Waals surface area contributed by atoms with Crippen LogP contribution in [0.5, 0.6) is 5.75 Å². The van der Waals surface area contributed by atoms with Gasteiger partial charge in [-0.25, -0.2) is 0 Å². The van der Waals surface area contributed by atoms with E-state index >= 15 is 0 Å². The van der Waals surface area contributed by atoms with E-state index in [2.05, 4.69) is 15.5 Å². The number of ether oxygens (including phenoxy) is 1. The van der Waals surface area contributed by atoms with Crippen molar-refractivity contribution >= 4 is 35.0 Å². The average Bonchev–Trinajstić information content (AvgIpc) is 3.42. The van der Waals surface area contributed by atoms with E-state index in [1.54, 1.807) is 30.5 Å². The number of anilines is 1. The van der Waals surface area contributed by atoms with Gasteiger partial charge in [0.15, 0.2) is 11.0 Å². The normalized spacial score (nSPS) is 10.8. The van der Waals surface area contributed by atoms with Gasteiger partial charge in [0.1, 0.15) is 18.1 Å². The highest BCUT2D eigenvalue weighted by Gasteiger charge is 2.16. The summed E-state index contributed by atoms with van der Waals surface area (Å²) in [7, 11) is 0. The summed E-state index contributed by atoms with van der Waals surface area (Å²) in [6.07, 6.45) is 1.62. The van der Waals surface area contributed by atoms with Crippen LogP contribution < -0.4 is 10.1 Å². The minimum Gasteiger partial charge on any atom is -0.486 e. The number of halogens is 1. The summed E-state index contributed by atoms with van der Waals surface area (Å²) >= 11 is 7.27. The standard InChI is InChI=1S/C23H21ClN4O3S/c1-16-7-9-19(10-8-16)31-14-21-26-27-23(28(21)13-20-6-3-11-30-20)32-15-22(29)25-18-5-2-4-17(24)12-18/h2-12H,13-15H2,1H3,(H,25,29). The number of nitrogens with one attached hydrogen (secondary N) is 1. The Kier molecular flexibility index (Phi) is 7.14. The molecule has 164 valence electrons. The second-order valence-electron chi connectivity index (χ2n) is 7.01. The lowest BCUT2D eigenvalue weighted by molar-refractivity contribution is -0.113. The second-order valence-corrected chi connectivity index (χ2v) is 8.39. The molecule has 0 unspecified atom stereocenters. The zero-order valence-corrected chi connectivity index (χ0v) is 18.9. The lowest BCUT2D eigenvalue weighted by Crippen LogP contribution is -2.15. The maximum Gasteiger partial charge on any atom is 0.234 e. The van der Waals surface area contributed by atoms with Crippen LogP contribution in [0.1, 0.15) is 17.1 Å². The van der Waals surface area contributed by atoms with E-state index in [1.807, 2.05) is 47.9 Å². The van der Waals surface area contributed by atoms with Gasteiger partial charge in [-0.15, -0.1) is 10.2 Å². The van der Waals surface area contributed by atoms with Gasteiger partial charge in [-0.2, -0.15) is 0 Å². The fourth-order valence-electron chi connectivity index (χ4n) is 2.93. The molecule has 2 aromatic heterocycles. The van der Waals surface area contributed by atoms with Crippen molar-refractivity contribution in [2.45, 2.75) is 25.2 Å². The second kappa shape index (κ2) is 10.4. The Bertz CT molecular complexity index is 1180. The molecule has 4 rings (SSSR count). The Morgan fingerprint density at radius 1 is 1.16 bits per heavy atom. The topological polar surface area (TPSA) is 82.2 Å². The van der Waals surface area contributed by atoms with E-state index in [4.69, 9.17) is 20.8 Å². The number of hydrogen-bond donors (Lipinski definition) is 1. The first-order chi connectivity index (χ1) is 15.6. The Hall–Kier alpha value is -3.23. The predicted molar refractivity (Wildman–Crippen MR) is 124 cm³/mol. The molecule has 0 saturated heterocycles. The maximum absolute atomic E-state index is 12.4. The molecule has 0 aliphatic carbocycles. The number of aryl methyl sites for hydroxylation is 1. The summed E-state index contributed by atoms with van der Waals surface area (Å²) in [5.41, 5.74) is 1.81. The molecule has 0 atom stereocenters. The first-order valence-corrected chi connectivity index (χ1v) is 11.3. The lowest BCUT2D eigenvalue weighted by atomic mass is 10.2. The summed E-state index contributed by atoms with van der Waals surface area (Å²) in [4.78, 5) is 12.4. The SMILES string of the molecule is Cc1ccc(OCc2nnc(SCC(=O)Nc3cccc(Cl)c3)n2Cc2ccco2)cc1. The number of aromatic nitrogens is 3. The van der Waals surface area contributed by atoms with Crippen LogP contribution in [0, 0.1) is 6.92 Å². The number of nitrogens with zero attached hydrogens (tertiary/aromatic N) is 3. The minimum absolute atomic E-state index is 0.165. The summed E-state index contributed by atoms with van der Waals surface area (Å²) in [5.74, 6) is 2.15. The van der Waals surface area contributed by atoms with E-state index in [1.165, 1.54) is 11.8 Å². The molecular formula is C23H21ClN4O3S. The third-order valence-electron chi connectivity index (χ3n) is 4.52. The monoisotopic (exact) mass is 468 g/mol. The number of rotatable bonds is 9. The van der Waals surface area contributed by atoms with Crippen LogP contribution in [-0.2, 0) is 17.9 Å². The zero-order chi connectivity index (χ0) is 22.3. The van der Waals surface area contributed by atoms with E-state index in [0.717, 1.165) is 17.1 Å². The van der Waals surface area contributed by atoms with Crippen LogP contribution in [-0.4, -0.2) is 26.4 Å². The highest BCUT2D eigenvalue weighted by Crippen LogP contribution is 2.22. The van der Waals surface area contributed by atoms with Gasteiger partial charge >= 0.3 is 0 Å². The Morgan fingerprint density at radius 3 is 2.75 bits per heavy atom. The molecule has 0 fully saturated rings.